The summed E-state index contributed by atoms with van der Waals surface area (Å²) >= 11 is 0. The molecular weight excluding hydrogens is 268 g/mol. The zero-order chi connectivity index (χ0) is 14.7. The molecule has 6 nitrogen and oxygen atoms in total. The van der Waals surface area contributed by atoms with E-state index >= 15 is 0 Å². The fourth-order valence-corrected chi connectivity index (χ4v) is 2.98. The summed E-state index contributed by atoms with van der Waals surface area (Å²) in [4.78, 5) is 11.5. The zero-order valence-corrected chi connectivity index (χ0v) is 12.9. The number of carbonyl (C=O) groups excluding carboxylic acids is 1. The van der Waals surface area contributed by atoms with Crippen LogP contribution in [0.1, 0.15) is 33.6 Å². The number of alkyl carbamates (subject to hydrolysis) is 1. The first kappa shape index (κ1) is 16.2. The van der Waals surface area contributed by atoms with Gasteiger partial charge in [0.15, 0.2) is 0 Å². The van der Waals surface area contributed by atoms with Crippen LogP contribution in [0.5, 0.6) is 0 Å². The number of amides is 1. The van der Waals surface area contributed by atoms with Crippen LogP contribution in [0.15, 0.2) is 0 Å². The van der Waals surface area contributed by atoms with Crippen LogP contribution in [-0.4, -0.2) is 50.3 Å². The van der Waals surface area contributed by atoms with Crippen LogP contribution in [0, 0.1) is 5.92 Å². The Morgan fingerprint density at radius 2 is 2.05 bits per heavy atom. The molecule has 1 atom stereocenters. The Morgan fingerprint density at radius 1 is 1.42 bits per heavy atom. The molecular formula is C12H24N2O4S. The molecule has 1 rings (SSSR count). The average Bonchev–Trinajstić information content (AvgIpc) is 2.23. The highest BCUT2D eigenvalue weighted by Gasteiger charge is 2.26. The molecule has 0 spiro atoms. The molecule has 1 amide bonds. The van der Waals surface area contributed by atoms with Crippen LogP contribution >= 0.6 is 0 Å². The minimum absolute atomic E-state index is 0.149. The van der Waals surface area contributed by atoms with Gasteiger partial charge in [-0.1, -0.05) is 0 Å². The maximum atomic E-state index is 11.5. The summed E-state index contributed by atoms with van der Waals surface area (Å²) in [5.41, 5.74) is -0.518. The Morgan fingerprint density at radius 3 is 2.58 bits per heavy atom. The lowest BCUT2D eigenvalue weighted by molar-refractivity contribution is 0.0513. The van der Waals surface area contributed by atoms with Crippen LogP contribution in [0.4, 0.5) is 4.79 Å². The van der Waals surface area contributed by atoms with Crippen molar-refractivity contribution in [2.45, 2.75) is 39.2 Å². The molecule has 7 heteroatoms. The van der Waals surface area contributed by atoms with Crippen molar-refractivity contribution >= 4 is 16.1 Å². The van der Waals surface area contributed by atoms with E-state index in [0.717, 1.165) is 12.8 Å². The van der Waals surface area contributed by atoms with Crippen molar-refractivity contribution < 1.29 is 17.9 Å². The molecule has 1 N–H and O–H groups in total. The van der Waals surface area contributed by atoms with E-state index in [0.29, 0.717) is 19.6 Å². The monoisotopic (exact) mass is 292 g/mol. The predicted octanol–water partition coefficient (Wildman–Crippen LogP) is 1.18. The lowest BCUT2D eigenvalue weighted by Gasteiger charge is -2.31. The van der Waals surface area contributed by atoms with Crippen molar-refractivity contribution in [2.75, 3.05) is 25.9 Å². The van der Waals surface area contributed by atoms with Gasteiger partial charge in [0.1, 0.15) is 5.60 Å². The summed E-state index contributed by atoms with van der Waals surface area (Å²) in [5.74, 6) is 0.149. The van der Waals surface area contributed by atoms with Crippen molar-refractivity contribution in [1.82, 2.24) is 9.62 Å². The smallest absolute Gasteiger partial charge is 0.407 e. The van der Waals surface area contributed by atoms with Gasteiger partial charge in [0.2, 0.25) is 10.0 Å². The first-order chi connectivity index (χ1) is 8.58. The highest BCUT2D eigenvalue weighted by Crippen LogP contribution is 2.18. The Kier molecular flexibility index (Phi) is 5.20. The average molecular weight is 292 g/mol. The third-order valence-corrected chi connectivity index (χ3v) is 4.15. The molecule has 0 aliphatic carbocycles. The van der Waals surface area contributed by atoms with Crippen LogP contribution in [0.2, 0.25) is 0 Å². The van der Waals surface area contributed by atoms with Crippen LogP contribution in [0.3, 0.4) is 0 Å². The van der Waals surface area contributed by atoms with E-state index in [9.17, 15) is 13.2 Å². The fraction of sp³-hybridized carbons (Fsp3) is 0.917. The largest absolute Gasteiger partial charge is 0.444 e. The van der Waals surface area contributed by atoms with E-state index in [1.165, 1.54) is 10.6 Å². The van der Waals surface area contributed by atoms with Crippen molar-refractivity contribution in [3.63, 3.8) is 0 Å². The van der Waals surface area contributed by atoms with Gasteiger partial charge in [0.05, 0.1) is 6.26 Å². The third-order valence-electron chi connectivity index (χ3n) is 2.88. The minimum atomic E-state index is -3.14. The standard InChI is InChI=1S/C12H24N2O4S/c1-12(2,3)18-11(15)13-8-10-6-5-7-14(9-10)19(4,16)17/h10H,5-9H2,1-4H3,(H,13,15)/t10-/m0/s1. The molecule has 1 aliphatic heterocycles. The summed E-state index contributed by atoms with van der Waals surface area (Å²) < 4.78 is 29.6. The molecule has 1 saturated heterocycles. The highest BCUT2D eigenvalue weighted by molar-refractivity contribution is 7.88. The van der Waals surface area contributed by atoms with Gasteiger partial charge in [-0.2, -0.15) is 0 Å². The number of hydrogen-bond donors (Lipinski definition) is 1. The van der Waals surface area contributed by atoms with Gasteiger partial charge in [-0.05, 0) is 39.5 Å². The van der Waals surface area contributed by atoms with Crippen LogP contribution < -0.4 is 5.32 Å². The number of sulfonamides is 1. The van der Waals surface area contributed by atoms with Crippen LogP contribution in [-0.2, 0) is 14.8 Å². The normalized spacial score (nSPS) is 22.0. The van der Waals surface area contributed by atoms with Crippen molar-refractivity contribution in [3.05, 3.63) is 0 Å². The van der Waals surface area contributed by atoms with Crippen molar-refractivity contribution in [2.24, 2.45) is 5.92 Å². The molecule has 0 aromatic heterocycles. The first-order valence-electron chi connectivity index (χ1n) is 6.50. The molecule has 0 bridgehead atoms. The minimum Gasteiger partial charge on any atom is -0.444 e. The summed E-state index contributed by atoms with van der Waals surface area (Å²) in [5, 5.41) is 2.70. The third kappa shape index (κ3) is 6.24. The van der Waals surface area contributed by atoms with Crippen molar-refractivity contribution in [3.8, 4) is 0 Å². The number of nitrogens with zero attached hydrogens (tertiary/aromatic N) is 1. The van der Waals surface area contributed by atoms with Gasteiger partial charge in [-0.3, -0.25) is 0 Å². The molecule has 1 heterocycles. The van der Waals surface area contributed by atoms with Gasteiger partial charge < -0.3 is 10.1 Å². The summed E-state index contributed by atoms with van der Waals surface area (Å²) in [6, 6.07) is 0. The lowest BCUT2D eigenvalue weighted by Crippen LogP contribution is -2.44. The zero-order valence-electron chi connectivity index (χ0n) is 12.1. The summed E-state index contributed by atoms with van der Waals surface area (Å²) in [7, 11) is -3.14. The SMILES string of the molecule is CC(C)(C)OC(=O)NC[C@@H]1CCCN(S(C)(=O)=O)C1. The highest BCUT2D eigenvalue weighted by atomic mass is 32.2. The Labute approximate surface area is 115 Å². The predicted molar refractivity (Wildman–Crippen MR) is 73.4 cm³/mol. The second-order valence-electron chi connectivity index (χ2n) is 6.01. The first-order valence-corrected chi connectivity index (χ1v) is 8.35. The van der Waals surface area contributed by atoms with E-state index in [2.05, 4.69) is 5.32 Å². The van der Waals surface area contributed by atoms with Gasteiger partial charge in [0.25, 0.3) is 0 Å². The van der Waals surface area contributed by atoms with Gasteiger partial charge in [-0.15, -0.1) is 0 Å². The second kappa shape index (κ2) is 6.09. The number of carbonyl (C=O) groups is 1. The number of rotatable bonds is 3. The Balaban J connectivity index is 2.40. The molecule has 0 aromatic carbocycles. The van der Waals surface area contributed by atoms with Crippen molar-refractivity contribution in [1.29, 1.82) is 0 Å². The topological polar surface area (TPSA) is 75.7 Å². The number of piperidine rings is 1. The summed E-state index contributed by atoms with van der Waals surface area (Å²) in [6.07, 6.45) is 2.51. The molecule has 1 fully saturated rings. The number of ether oxygens (including phenoxy) is 1. The van der Waals surface area contributed by atoms with E-state index in [1.54, 1.807) is 20.8 Å². The fourth-order valence-electron chi connectivity index (χ4n) is 2.04. The number of hydrogen-bond acceptors (Lipinski definition) is 4. The maximum absolute atomic E-state index is 11.5. The Hall–Kier alpha value is -0.820. The molecule has 0 radical (unpaired) electrons. The maximum Gasteiger partial charge on any atom is 0.407 e. The van der Waals surface area contributed by atoms with E-state index < -0.39 is 21.7 Å². The quantitative estimate of drug-likeness (QED) is 0.847. The molecule has 19 heavy (non-hydrogen) atoms. The lowest BCUT2D eigenvalue weighted by atomic mass is 10.00. The molecule has 0 unspecified atom stereocenters. The van der Waals surface area contributed by atoms with Gasteiger partial charge in [0, 0.05) is 19.6 Å². The second-order valence-corrected chi connectivity index (χ2v) is 7.99. The molecule has 1 aliphatic rings. The van der Waals surface area contributed by atoms with Gasteiger partial charge in [-0.25, -0.2) is 17.5 Å². The summed E-state index contributed by atoms with van der Waals surface area (Å²) in [6.45, 7) is 6.90. The molecule has 0 aromatic rings. The van der Waals surface area contributed by atoms with E-state index in [1.807, 2.05) is 0 Å². The van der Waals surface area contributed by atoms with Crippen LogP contribution in [0.25, 0.3) is 0 Å². The molecule has 0 saturated carbocycles. The van der Waals surface area contributed by atoms with E-state index in [-0.39, 0.29) is 5.92 Å². The molecule has 112 valence electrons. The number of nitrogens with one attached hydrogen (secondary N) is 1. The van der Waals surface area contributed by atoms with E-state index in [4.69, 9.17) is 4.74 Å². The van der Waals surface area contributed by atoms with Gasteiger partial charge >= 0.3 is 6.09 Å². The Bertz CT molecular complexity index is 414.